The summed E-state index contributed by atoms with van der Waals surface area (Å²) >= 11 is 6.19. The second-order valence-electron chi connectivity index (χ2n) is 9.78. The molecule has 1 aromatic carbocycles. The van der Waals surface area contributed by atoms with Crippen molar-refractivity contribution in [2.45, 2.75) is 50.5 Å². The van der Waals surface area contributed by atoms with E-state index in [1.54, 1.807) is 0 Å². The maximum absolute atomic E-state index is 13.3. The van der Waals surface area contributed by atoms with E-state index in [4.69, 9.17) is 17.3 Å². The van der Waals surface area contributed by atoms with E-state index < -0.39 is 46.8 Å². The van der Waals surface area contributed by atoms with Crippen LogP contribution in [0.2, 0.25) is 0 Å². The van der Waals surface area contributed by atoms with E-state index in [-0.39, 0.29) is 51.6 Å². The zero-order valence-corrected chi connectivity index (χ0v) is 23.2. The molecule has 2 N–H and O–H groups in total. The van der Waals surface area contributed by atoms with Crippen LogP contribution in [-0.2, 0) is 26.7 Å². The van der Waals surface area contributed by atoms with E-state index in [2.05, 4.69) is 10.3 Å². The summed E-state index contributed by atoms with van der Waals surface area (Å²) in [6, 6.07) is 5.10. The molecule has 1 aliphatic carbocycles. The molecule has 2 fully saturated rings. The summed E-state index contributed by atoms with van der Waals surface area (Å²) in [5.41, 5.74) is -3.41. The lowest BCUT2D eigenvalue weighted by Gasteiger charge is -2.27. The fourth-order valence-electron chi connectivity index (χ4n) is 4.62. The third-order valence-electron chi connectivity index (χ3n) is 6.81. The molecule has 1 aromatic heterocycles. The predicted octanol–water partition coefficient (Wildman–Crippen LogP) is 6.14. The average Bonchev–Trinajstić information content (AvgIpc) is 3.18. The molecule has 1 saturated heterocycles. The molecule has 224 valence electrons. The van der Waals surface area contributed by atoms with Gasteiger partial charge in [0.1, 0.15) is 4.32 Å². The Hall–Kier alpha value is -3.46. The molecule has 1 aliphatic heterocycles. The lowest BCUT2D eigenvalue weighted by Crippen LogP contribution is -2.40. The number of carboxylic acids is 1. The van der Waals surface area contributed by atoms with Gasteiger partial charge in [-0.2, -0.15) is 26.3 Å². The summed E-state index contributed by atoms with van der Waals surface area (Å²) < 4.78 is 79.9. The highest BCUT2D eigenvalue weighted by atomic mass is 32.2. The number of rotatable bonds is 7. The zero-order valence-electron chi connectivity index (χ0n) is 21.6. The van der Waals surface area contributed by atoms with Gasteiger partial charge in [0.25, 0.3) is 5.91 Å². The number of thiocarbonyl (C=S) groups is 1. The largest absolute Gasteiger partial charge is 0.481 e. The SMILES string of the molecule is O=C(CCN1C(=O)/C(=C/c2cccc(-c3cc(C(F)(F)F)cc(C(F)(F)F)c3)n2)SC1=S)NC1CCC(C(=O)O)CC1. The lowest BCUT2D eigenvalue weighted by molar-refractivity contribution is -0.144. The fourth-order valence-corrected chi connectivity index (χ4v) is 5.91. The minimum absolute atomic E-state index is 0.0176. The first kappa shape index (κ1) is 31.5. The Morgan fingerprint density at radius 2 is 1.67 bits per heavy atom. The number of carbonyl (C=O) groups is 3. The van der Waals surface area contributed by atoms with Gasteiger partial charge in [0.2, 0.25) is 5.91 Å². The zero-order chi connectivity index (χ0) is 30.8. The highest BCUT2D eigenvalue weighted by Gasteiger charge is 2.37. The molecular formula is C27H23F6N3O4S2. The molecule has 0 spiro atoms. The highest BCUT2D eigenvalue weighted by Crippen LogP contribution is 2.39. The summed E-state index contributed by atoms with van der Waals surface area (Å²) in [4.78, 5) is 42.0. The van der Waals surface area contributed by atoms with Gasteiger partial charge in [-0.15, -0.1) is 0 Å². The van der Waals surface area contributed by atoms with Crippen LogP contribution in [0.25, 0.3) is 17.3 Å². The number of aliphatic carboxylic acids is 1. The van der Waals surface area contributed by atoms with Crippen molar-refractivity contribution in [3.63, 3.8) is 0 Å². The number of pyridine rings is 1. The van der Waals surface area contributed by atoms with Crippen molar-refractivity contribution in [1.29, 1.82) is 0 Å². The van der Waals surface area contributed by atoms with Gasteiger partial charge in [0.05, 0.1) is 33.3 Å². The summed E-state index contributed by atoms with van der Waals surface area (Å²) in [7, 11) is 0. The van der Waals surface area contributed by atoms with Crippen LogP contribution in [0.4, 0.5) is 26.3 Å². The first-order chi connectivity index (χ1) is 19.6. The Kier molecular flexibility index (Phi) is 9.30. The predicted molar refractivity (Wildman–Crippen MR) is 146 cm³/mol. The van der Waals surface area contributed by atoms with Crippen LogP contribution >= 0.6 is 24.0 Å². The average molecular weight is 632 g/mol. The molecule has 0 radical (unpaired) electrons. The van der Waals surface area contributed by atoms with Crippen molar-refractivity contribution < 1.29 is 45.8 Å². The normalized spacial score (nSPS) is 20.7. The summed E-state index contributed by atoms with van der Waals surface area (Å²) in [5.74, 6) is -2.11. The number of amides is 2. The molecule has 4 rings (SSSR count). The fraction of sp³-hybridized carbons (Fsp3) is 0.370. The summed E-state index contributed by atoms with van der Waals surface area (Å²) in [5, 5.41) is 11.9. The number of carboxylic acid groups (broad SMARTS) is 1. The molecule has 0 unspecified atom stereocenters. The molecule has 7 nitrogen and oxygen atoms in total. The van der Waals surface area contributed by atoms with Gasteiger partial charge in [-0.05, 0) is 62.1 Å². The number of nitrogens with one attached hydrogen (secondary N) is 1. The molecule has 2 amide bonds. The third-order valence-corrected chi connectivity index (χ3v) is 8.19. The number of carbonyl (C=O) groups excluding carboxylic acids is 2. The van der Waals surface area contributed by atoms with Crippen LogP contribution in [-0.4, -0.2) is 49.7 Å². The quantitative estimate of drug-likeness (QED) is 0.215. The Bertz CT molecular complexity index is 1400. The van der Waals surface area contributed by atoms with Crippen LogP contribution < -0.4 is 5.32 Å². The van der Waals surface area contributed by atoms with Crippen LogP contribution in [0.1, 0.15) is 48.9 Å². The van der Waals surface area contributed by atoms with E-state index in [0.29, 0.717) is 37.8 Å². The number of nitrogens with zero attached hydrogens (tertiary/aromatic N) is 2. The second-order valence-corrected chi connectivity index (χ2v) is 11.5. The van der Waals surface area contributed by atoms with Crippen molar-refractivity contribution in [2.24, 2.45) is 5.92 Å². The second kappa shape index (κ2) is 12.4. The number of alkyl halides is 6. The minimum atomic E-state index is -5.02. The molecule has 1 saturated carbocycles. The molecule has 2 heterocycles. The number of halogens is 6. The van der Waals surface area contributed by atoms with Crippen LogP contribution in [0, 0.1) is 5.92 Å². The number of hydrogen-bond acceptors (Lipinski definition) is 6. The van der Waals surface area contributed by atoms with Crippen molar-refractivity contribution >= 4 is 52.2 Å². The first-order valence-corrected chi connectivity index (χ1v) is 13.9. The molecule has 42 heavy (non-hydrogen) atoms. The molecule has 2 aromatic rings. The first-order valence-electron chi connectivity index (χ1n) is 12.7. The number of thioether (sulfide) groups is 1. The molecule has 15 heteroatoms. The summed E-state index contributed by atoms with van der Waals surface area (Å²) in [6.45, 7) is -0.0176. The van der Waals surface area contributed by atoms with Crippen molar-refractivity contribution in [3.8, 4) is 11.3 Å². The number of benzene rings is 1. The minimum Gasteiger partial charge on any atom is -0.481 e. The van der Waals surface area contributed by atoms with E-state index >= 15 is 0 Å². The van der Waals surface area contributed by atoms with Crippen LogP contribution in [0.5, 0.6) is 0 Å². The molecule has 0 bridgehead atoms. The number of aromatic nitrogens is 1. The standard InChI is InChI=1S/C27H23F6N3O4S2/c28-26(29,30)16-10-15(11-17(12-16)27(31,32)33)20-3-1-2-19(34-20)13-21-23(38)36(25(41)42-21)9-8-22(37)35-18-6-4-14(5-7-18)24(39)40/h1-3,10-14,18H,4-9H2,(H,35,37)(H,39,40)/b21-13-. The number of hydrogen-bond donors (Lipinski definition) is 2. The van der Waals surface area contributed by atoms with E-state index in [0.717, 1.165) is 11.8 Å². The van der Waals surface area contributed by atoms with Gasteiger partial charge in [-0.25, -0.2) is 4.98 Å². The molecular weight excluding hydrogens is 608 g/mol. The monoisotopic (exact) mass is 631 g/mol. The molecule has 2 aliphatic rings. The van der Waals surface area contributed by atoms with Crippen molar-refractivity contribution in [2.75, 3.05) is 6.54 Å². The van der Waals surface area contributed by atoms with Crippen LogP contribution in [0.3, 0.4) is 0 Å². The van der Waals surface area contributed by atoms with Gasteiger partial charge in [0.15, 0.2) is 0 Å². The third kappa shape index (κ3) is 7.68. The van der Waals surface area contributed by atoms with E-state index in [1.165, 1.54) is 29.2 Å². The topological polar surface area (TPSA) is 99.6 Å². The molecule has 0 atom stereocenters. The van der Waals surface area contributed by atoms with E-state index in [9.17, 15) is 40.7 Å². The van der Waals surface area contributed by atoms with Crippen molar-refractivity contribution in [1.82, 2.24) is 15.2 Å². The smallest absolute Gasteiger partial charge is 0.416 e. The Morgan fingerprint density at radius 3 is 2.24 bits per heavy atom. The van der Waals surface area contributed by atoms with Gasteiger partial charge in [-0.3, -0.25) is 19.3 Å². The van der Waals surface area contributed by atoms with Crippen molar-refractivity contribution in [3.05, 3.63) is 58.1 Å². The highest BCUT2D eigenvalue weighted by molar-refractivity contribution is 8.26. The van der Waals surface area contributed by atoms with Gasteiger partial charge in [-0.1, -0.05) is 30.0 Å². The van der Waals surface area contributed by atoms with Crippen LogP contribution in [0.15, 0.2) is 41.3 Å². The maximum Gasteiger partial charge on any atom is 0.416 e. The van der Waals surface area contributed by atoms with Gasteiger partial charge >= 0.3 is 18.3 Å². The van der Waals surface area contributed by atoms with Gasteiger partial charge in [0, 0.05) is 24.6 Å². The Balaban J connectivity index is 1.44. The summed E-state index contributed by atoms with van der Waals surface area (Å²) in [6.07, 6.45) is -6.76. The lowest BCUT2D eigenvalue weighted by atomic mass is 9.86. The Labute approximate surface area is 245 Å². The van der Waals surface area contributed by atoms with Gasteiger partial charge < -0.3 is 10.4 Å². The maximum atomic E-state index is 13.3. The Morgan fingerprint density at radius 1 is 1.05 bits per heavy atom. The van der Waals surface area contributed by atoms with E-state index in [1.807, 2.05) is 0 Å².